The standard InChI is InChI=1S/C15H25N3O/c1-3-6-18-10-13(16)8-14(18)15(19)17-9-12-5-4-11(2)7-12/h8,10-12H,3-7,9,16H2,1-2H3,(H,17,19). The largest absolute Gasteiger partial charge is 0.397 e. The second kappa shape index (κ2) is 6.13. The van der Waals surface area contributed by atoms with Crippen LogP contribution in [0.25, 0.3) is 0 Å². The number of nitrogens with two attached hydrogens (primary N) is 1. The Kier molecular flexibility index (Phi) is 4.51. The number of nitrogens with zero attached hydrogens (tertiary/aromatic N) is 1. The first-order chi connectivity index (χ1) is 9.10. The predicted molar refractivity (Wildman–Crippen MR) is 78.0 cm³/mol. The van der Waals surface area contributed by atoms with Crippen LogP contribution < -0.4 is 11.1 Å². The van der Waals surface area contributed by atoms with Crippen LogP contribution in [0.1, 0.15) is 50.0 Å². The summed E-state index contributed by atoms with van der Waals surface area (Å²) in [7, 11) is 0. The van der Waals surface area contributed by atoms with E-state index < -0.39 is 0 Å². The highest BCUT2D eigenvalue weighted by atomic mass is 16.1. The van der Waals surface area contributed by atoms with E-state index in [0.717, 1.165) is 25.4 Å². The van der Waals surface area contributed by atoms with Gasteiger partial charge in [-0.05, 0) is 37.2 Å². The van der Waals surface area contributed by atoms with Crippen molar-refractivity contribution in [2.75, 3.05) is 12.3 Å². The fraction of sp³-hybridized carbons (Fsp3) is 0.667. The van der Waals surface area contributed by atoms with Gasteiger partial charge in [-0.25, -0.2) is 0 Å². The molecule has 1 fully saturated rings. The van der Waals surface area contributed by atoms with Gasteiger partial charge in [0.1, 0.15) is 5.69 Å². The van der Waals surface area contributed by atoms with Gasteiger partial charge in [0.25, 0.3) is 5.91 Å². The minimum absolute atomic E-state index is 0.00435. The van der Waals surface area contributed by atoms with Gasteiger partial charge in [0, 0.05) is 19.3 Å². The highest BCUT2D eigenvalue weighted by Crippen LogP contribution is 2.29. The van der Waals surface area contributed by atoms with Gasteiger partial charge >= 0.3 is 0 Å². The molecule has 1 aromatic heterocycles. The van der Waals surface area contributed by atoms with E-state index in [1.165, 1.54) is 19.3 Å². The normalized spacial score (nSPS) is 22.6. The van der Waals surface area contributed by atoms with Crippen molar-refractivity contribution in [3.05, 3.63) is 18.0 Å². The Hall–Kier alpha value is -1.45. The third-order valence-corrected chi connectivity index (χ3v) is 3.97. The molecule has 0 saturated heterocycles. The maximum Gasteiger partial charge on any atom is 0.267 e. The van der Waals surface area contributed by atoms with Gasteiger partial charge in [0.05, 0.1) is 5.69 Å². The quantitative estimate of drug-likeness (QED) is 0.858. The summed E-state index contributed by atoms with van der Waals surface area (Å²) in [5.74, 6) is 1.46. The number of hydrogen-bond acceptors (Lipinski definition) is 2. The predicted octanol–water partition coefficient (Wildman–Crippen LogP) is 2.65. The highest BCUT2D eigenvalue weighted by Gasteiger charge is 2.22. The van der Waals surface area contributed by atoms with Crippen LogP contribution in [-0.4, -0.2) is 17.0 Å². The molecule has 0 radical (unpaired) electrons. The van der Waals surface area contributed by atoms with Gasteiger partial charge in [-0.2, -0.15) is 0 Å². The minimum atomic E-state index is 0.00435. The SMILES string of the molecule is CCCn1cc(N)cc1C(=O)NCC1CCC(C)C1. The van der Waals surface area contributed by atoms with Crippen LogP contribution in [0.4, 0.5) is 5.69 Å². The average Bonchev–Trinajstić information content (AvgIpc) is 2.93. The van der Waals surface area contributed by atoms with E-state index in [2.05, 4.69) is 19.2 Å². The lowest BCUT2D eigenvalue weighted by molar-refractivity contribution is 0.0937. The third-order valence-electron chi connectivity index (χ3n) is 3.97. The van der Waals surface area contributed by atoms with Crippen LogP contribution in [0.15, 0.2) is 12.3 Å². The number of aromatic nitrogens is 1. The second-order valence-electron chi connectivity index (χ2n) is 5.85. The van der Waals surface area contributed by atoms with Gasteiger partial charge in [0.15, 0.2) is 0 Å². The number of amides is 1. The molecule has 2 rings (SSSR count). The van der Waals surface area contributed by atoms with Crippen LogP contribution in [0.2, 0.25) is 0 Å². The number of aryl methyl sites for hydroxylation is 1. The third kappa shape index (κ3) is 3.52. The number of hydrogen-bond donors (Lipinski definition) is 2. The Morgan fingerprint density at radius 3 is 2.95 bits per heavy atom. The number of rotatable bonds is 5. The van der Waals surface area contributed by atoms with E-state index in [1.807, 2.05) is 10.8 Å². The van der Waals surface area contributed by atoms with E-state index in [9.17, 15) is 4.79 Å². The number of carbonyl (C=O) groups excluding carboxylic acids is 1. The molecule has 1 aromatic rings. The van der Waals surface area contributed by atoms with Crippen molar-refractivity contribution in [2.24, 2.45) is 11.8 Å². The Morgan fingerprint density at radius 1 is 1.53 bits per heavy atom. The van der Waals surface area contributed by atoms with Crippen molar-refractivity contribution >= 4 is 11.6 Å². The molecule has 106 valence electrons. The molecule has 2 unspecified atom stereocenters. The summed E-state index contributed by atoms with van der Waals surface area (Å²) in [5.41, 5.74) is 7.13. The van der Waals surface area contributed by atoms with Crippen LogP contribution in [0.5, 0.6) is 0 Å². The smallest absolute Gasteiger partial charge is 0.267 e. The molecule has 1 aliphatic rings. The zero-order valence-electron chi connectivity index (χ0n) is 12.0. The molecule has 0 bridgehead atoms. The van der Waals surface area contributed by atoms with Crippen molar-refractivity contribution in [1.29, 1.82) is 0 Å². The fourth-order valence-electron chi connectivity index (χ4n) is 2.99. The maximum atomic E-state index is 12.2. The fourth-order valence-corrected chi connectivity index (χ4v) is 2.99. The lowest BCUT2D eigenvalue weighted by atomic mass is 10.1. The molecule has 1 amide bonds. The zero-order valence-corrected chi connectivity index (χ0v) is 12.0. The molecule has 19 heavy (non-hydrogen) atoms. The van der Waals surface area contributed by atoms with Crippen molar-refractivity contribution in [3.63, 3.8) is 0 Å². The van der Waals surface area contributed by atoms with Crippen LogP contribution >= 0.6 is 0 Å². The van der Waals surface area contributed by atoms with Crippen molar-refractivity contribution in [2.45, 2.75) is 46.1 Å². The molecule has 1 aliphatic carbocycles. The van der Waals surface area contributed by atoms with Gasteiger partial charge in [0.2, 0.25) is 0 Å². The van der Waals surface area contributed by atoms with Gasteiger partial charge < -0.3 is 15.6 Å². The van der Waals surface area contributed by atoms with E-state index in [4.69, 9.17) is 5.73 Å². The number of nitrogen functional groups attached to an aromatic ring is 1. The first-order valence-corrected chi connectivity index (χ1v) is 7.34. The van der Waals surface area contributed by atoms with E-state index in [1.54, 1.807) is 6.07 Å². The molecular formula is C15H25N3O. The summed E-state index contributed by atoms with van der Waals surface area (Å²) < 4.78 is 1.95. The van der Waals surface area contributed by atoms with E-state index in [-0.39, 0.29) is 5.91 Å². The summed E-state index contributed by atoms with van der Waals surface area (Å²) in [4.78, 5) is 12.2. The lowest BCUT2D eigenvalue weighted by Crippen LogP contribution is -2.30. The lowest BCUT2D eigenvalue weighted by Gasteiger charge is -2.12. The Labute approximate surface area is 115 Å². The van der Waals surface area contributed by atoms with E-state index in [0.29, 0.717) is 17.3 Å². The molecule has 1 heterocycles. The van der Waals surface area contributed by atoms with Gasteiger partial charge in [-0.3, -0.25) is 4.79 Å². The topological polar surface area (TPSA) is 60.0 Å². The van der Waals surface area contributed by atoms with Crippen molar-refractivity contribution < 1.29 is 4.79 Å². The van der Waals surface area contributed by atoms with Crippen LogP contribution in [0, 0.1) is 11.8 Å². The van der Waals surface area contributed by atoms with Gasteiger partial charge in [-0.15, -0.1) is 0 Å². The van der Waals surface area contributed by atoms with Crippen molar-refractivity contribution in [3.8, 4) is 0 Å². The molecule has 0 spiro atoms. The average molecular weight is 263 g/mol. The van der Waals surface area contributed by atoms with Gasteiger partial charge in [-0.1, -0.05) is 20.3 Å². The molecule has 2 atom stereocenters. The highest BCUT2D eigenvalue weighted by molar-refractivity contribution is 5.93. The molecule has 4 nitrogen and oxygen atoms in total. The maximum absolute atomic E-state index is 12.2. The van der Waals surface area contributed by atoms with Crippen molar-refractivity contribution in [1.82, 2.24) is 9.88 Å². The summed E-state index contributed by atoms with van der Waals surface area (Å²) in [6.07, 6.45) is 6.60. The summed E-state index contributed by atoms with van der Waals surface area (Å²) in [5, 5.41) is 3.06. The molecular weight excluding hydrogens is 238 g/mol. The molecule has 0 aromatic carbocycles. The summed E-state index contributed by atoms with van der Waals surface area (Å²) >= 11 is 0. The number of nitrogens with one attached hydrogen (secondary N) is 1. The number of carbonyl (C=O) groups is 1. The minimum Gasteiger partial charge on any atom is -0.397 e. The second-order valence-corrected chi connectivity index (χ2v) is 5.85. The Morgan fingerprint density at radius 2 is 2.32 bits per heavy atom. The summed E-state index contributed by atoms with van der Waals surface area (Å²) in [6, 6.07) is 1.77. The molecule has 0 aliphatic heterocycles. The Bertz CT molecular complexity index is 439. The first-order valence-electron chi connectivity index (χ1n) is 7.34. The summed E-state index contributed by atoms with van der Waals surface area (Å²) in [6.45, 7) is 6.01. The first kappa shape index (κ1) is 14.0. The monoisotopic (exact) mass is 263 g/mol. The van der Waals surface area contributed by atoms with E-state index >= 15 is 0 Å². The zero-order chi connectivity index (χ0) is 13.8. The number of anilines is 1. The Balaban J connectivity index is 1.92. The molecule has 3 N–H and O–H groups in total. The van der Waals surface area contributed by atoms with Crippen LogP contribution in [0.3, 0.4) is 0 Å². The molecule has 1 saturated carbocycles. The van der Waals surface area contributed by atoms with Crippen LogP contribution in [-0.2, 0) is 6.54 Å². The molecule has 4 heteroatoms.